The summed E-state index contributed by atoms with van der Waals surface area (Å²) in [5.74, 6) is 0. The van der Waals surface area contributed by atoms with Gasteiger partial charge in [-0.15, -0.1) is 0 Å². The molecule has 1 aliphatic rings. The van der Waals surface area contributed by atoms with Crippen molar-refractivity contribution >= 4 is 21.4 Å². The van der Waals surface area contributed by atoms with Gasteiger partial charge in [-0.25, -0.2) is 8.42 Å². The number of nitro groups is 1. The highest BCUT2D eigenvalue weighted by atomic mass is 32.2. The summed E-state index contributed by atoms with van der Waals surface area (Å²) in [6.45, 7) is 1.84. The molecule has 0 unspecified atom stereocenters. The first-order valence-corrected chi connectivity index (χ1v) is 12.0. The number of anilines is 1. The number of rotatable bonds is 8. The van der Waals surface area contributed by atoms with Gasteiger partial charge in [0.1, 0.15) is 5.69 Å². The minimum Gasteiger partial charge on any atom is -0.375 e. The van der Waals surface area contributed by atoms with Gasteiger partial charge in [-0.1, -0.05) is 30.7 Å². The van der Waals surface area contributed by atoms with Crippen molar-refractivity contribution in [3.8, 4) is 0 Å². The summed E-state index contributed by atoms with van der Waals surface area (Å²) in [4.78, 5) is 11.1. The number of nitro benzene ring substituents is 1. The fourth-order valence-corrected chi connectivity index (χ4v) is 5.41. The summed E-state index contributed by atoms with van der Waals surface area (Å²) in [6, 6.07) is 13.7. The molecule has 10 heteroatoms. The molecule has 2 heterocycles. The van der Waals surface area contributed by atoms with Crippen LogP contribution in [0.15, 0.2) is 65.8 Å². The van der Waals surface area contributed by atoms with E-state index in [2.05, 4.69) is 10.4 Å². The molecule has 0 aliphatic carbocycles. The number of hydrogen-bond donors (Lipinski definition) is 1. The first-order valence-electron chi connectivity index (χ1n) is 10.5. The molecule has 0 bridgehead atoms. The Morgan fingerprint density at radius 3 is 2.47 bits per heavy atom. The standard InChI is InChI=1S/C22H25N5O4S/c28-27(29)22-15-20(32(30,31)26-13-4-1-5-14-26)9-10-21(22)23-16-18-7-2-3-8-19(18)17-25-12-6-11-24-25/h2-3,6-12,15,23H,1,4-5,13-14,16-17H2. The van der Waals surface area contributed by atoms with Crippen molar-refractivity contribution in [1.82, 2.24) is 14.1 Å². The van der Waals surface area contributed by atoms with E-state index in [1.54, 1.807) is 6.20 Å². The smallest absolute Gasteiger partial charge is 0.293 e. The number of piperidine rings is 1. The third-order valence-electron chi connectivity index (χ3n) is 5.60. The maximum atomic E-state index is 12.9. The van der Waals surface area contributed by atoms with Crippen molar-refractivity contribution in [2.24, 2.45) is 0 Å². The zero-order valence-electron chi connectivity index (χ0n) is 17.6. The van der Waals surface area contributed by atoms with Crippen molar-refractivity contribution in [2.75, 3.05) is 18.4 Å². The lowest BCUT2D eigenvalue weighted by atomic mass is 10.1. The zero-order chi connectivity index (χ0) is 22.6. The highest BCUT2D eigenvalue weighted by Crippen LogP contribution is 2.30. The molecule has 0 spiro atoms. The number of aromatic nitrogens is 2. The Morgan fingerprint density at radius 1 is 1.03 bits per heavy atom. The largest absolute Gasteiger partial charge is 0.375 e. The molecule has 0 saturated carbocycles. The van der Waals surface area contributed by atoms with Crippen LogP contribution < -0.4 is 5.32 Å². The van der Waals surface area contributed by atoms with E-state index in [0.717, 1.165) is 36.5 Å². The number of nitrogens with one attached hydrogen (secondary N) is 1. The Hall–Kier alpha value is -3.24. The van der Waals surface area contributed by atoms with Gasteiger partial charge in [-0.05, 0) is 42.2 Å². The Balaban J connectivity index is 1.55. The third-order valence-corrected chi connectivity index (χ3v) is 7.49. The SMILES string of the molecule is O=[N+]([O-])c1cc(S(=O)(=O)N2CCCCC2)ccc1NCc1ccccc1Cn1cccn1. The van der Waals surface area contributed by atoms with Gasteiger partial charge in [-0.2, -0.15) is 9.40 Å². The predicted molar refractivity (Wildman–Crippen MR) is 121 cm³/mol. The molecular formula is C22H25N5O4S. The minimum absolute atomic E-state index is 0.0456. The number of benzene rings is 2. The minimum atomic E-state index is -3.75. The van der Waals surface area contributed by atoms with Crippen LogP contribution >= 0.6 is 0 Å². The van der Waals surface area contributed by atoms with E-state index in [4.69, 9.17) is 0 Å². The van der Waals surface area contributed by atoms with Crippen molar-refractivity contribution in [2.45, 2.75) is 37.2 Å². The summed E-state index contributed by atoms with van der Waals surface area (Å²) in [6.07, 6.45) is 6.19. The van der Waals surface area contributed by atoms with Gasteiger partial charge >= 0.3 is 0 Å². The highest BCUT2D eigenvalue weighted by Gasteiger charge is 2.28. The maximum Gasteiger partial charge on any atom is 0.293 e. The molecule has 32 heavy (non-hydrogen) atoms. The molecule has 0 atom stereocenters. The van der Waals surface area contributed by atoms with Gasteiger partial charge in [0, 0.05) is 38.1 Å². The lowest BCUT2D eigenvalue weighted by Crippen LogP contribution is -2.35. The molecule has 0 radical (unpaired) electrons. The van der Waals surface area contributed by atoms with Gasteiger partial charge in [0.15, 0.2) is 0 Å². The fraction of sp³-hybridized carbons (Fsp3) is 0.318. The lowest BCUT2D eigenvalue weighted by molar-refractivity contribution is -0.384. The molecular weight excluding hydrogens is 430 g/mol. The number of hydrogen-bond acceptors (Lipinski definition) is 6. The highest BCUT2D eigenvalue weighted by molar-refractivity contribution is 7.89. The normalized spacial score (nSPS) is 14.9. The van der Waals surface area contributed by atoms with E-state index >= 15 is 0 Å². The Labute approximate surface area is 186 Å². The molecule has 4 rings (SSSR count). The molecule has 168 valence electrons. The maximum absolute atomic E-state index is 12.9. The average Bonchev–Trinajstić information content (AvgIpc) is 3.32. The predicted octanol–water partition coefficient (Wildman–Crippen LogP) is 3.63. The van der Waals surface area contributed by atoms with Crippen molar-refractivity contribution in [3.05, 3.63) is 82.2 Å². The van der Waals surface area contributed by atoms with E-state index in [0.29, 0.717) is 26.2 Å². The van der Waals surface area contributed by atoms with E-state index < -0.39 is 14.9 Å². The lowest BCUT2D eigenvalue weighted by Gasteiger charge is -2.25. The second-order valence-electron chi connectivity index (χ2n) is 7.73. The Kier molecular flexibility index (Phi) is 6.52. The molecule has 1 saturated heterocycles. The van der Waals surface area contributed by atoms with Crippen molar-refractivity contribution in [1.29, 1.82) is 0 Å². The van der Waals surface area contributed by atoms with Crippen LogP contribution in [-0.2, 0) is 23.1 Å². The van der Waals surface area contributed by atoms with Crippen LogP contribution in [0.5, 0.6) is 0 Å². The van der Waals surface area contributed by atoms with Crippen LogP contribution in [0.1, 0.15) is 30.4 Å². The van der Waals surface area contributed by atoms with Crippen molar-refractivity contribution < 1.29 is 13.3 Å². The molecule has 1 aliphatic heterocycles. The van der Waals surface area contributed by atoms with Crippen LogP contribution in [-0.4, -0.2) is 40.5 Å². The van der Waals surface area contributed by atoms with Crippen LogP contribution in [0.2, 0.25) is 0 Å². The van der Waals surface area contributed by atoms with Gasteiger partial charge in [0.25, 0.3) is 5.69 Å². The first-order chi connectivity index (χ1) is 15.4. The number of nitrogens with zero attached hydrogens (tertiary/aromatic N) is 4. The second-order valence-corrected chi connectivity index (χ2v) is 9.66. The molecule has 9 nitrogen and oxygen atoms in total. The zero-order valence-corrected chi connectivity index (χ0v) is 18.4. The molecule has 0 amide bonds. The average molecular weight is 456 g/mol. The van der Waals surface area contributed by atoms with Gasteiger partial charge in [0.2, 0.25) is 10.0 Å². The molecule has 1 fully saturated rings. The van der Waals surface area contributed by atoms with Crippen LogP contribution in [0, 0.1) is 10.1 Å². The van der Waals surface area contributed by atoms with E-state index in [9.17, 15) is 18.5 Å². The van der Waals surface area contributed by atoms with Crippen LogP contribution in [0.3, 0.4) is 0 Å². The molecule has 1 aromatic heterocycles. The third kappa shape index (κ3) is 4.81. The second kappa shape index (κ2) is 9.49. The quantitative estimate of drug-likeness (QED) is 0.410. The fourth-order valence-electron chi connectivity index (χ4n) is 3.87. The summed E-state index contributed by atoms with van der Waals surface area (Å²) < 4.78 is 29.1. The summed E-state index contributed by atoms with van der Waals surface area (Å²) in [7, 11) is -3.75. The first kappa shape index (κ1) is 22.0. The Bertz CT molecular complexity index is 1190. The van der Waals surface area contributed by atoms with Gasteiger partial charge in [-0.3, -0.25) is 14.8 Å². The molecule has 3 aromatic rings. The molecule has 1 N–H and O–H groups in total. The van der Waals surface area contributed by atoms with Gasteiger partial charge < -0.3 is 5.32 Å². The summed E-state index contributed by atoms with van der Waals surface area (Å²) in [5, 5.41) is 19.0. The topological polar surface area (TPSA) is 110 Å². The monoisotopic (exact) mass is 455 g/mol. The summed E-state index contributed by atoms with van der Waals surface area (Å²) >= 11 is 0. The summed E-state index contributed by atoms with van der Waals surface area (Å²) in [5.41, 5.74) is 2.03. The van der Waals surface area contributed by atoms with E-state index in [-0.39, 0.29) is 16.3 Å². The molecule has 2 aromatic carbocycles. The van der Waals surface area contributed by atoms with E-state index in [1.165, 1.54) is 16.4 Å². The van der Waals surface area contributed by atoms with Crippen molar-refractivity contribution in [3.63, 3.8) is 0 Å². The number of sulfonamides is 1. The Morgan fingerprint density at radius 2 is 1.78 bits per heavy atom. The van der Waals surface area contributed by atoms with Gasteiger partial charge in [0.05, 0.1) is 16.4 Å². The van der Waals surface area contributed by atoms with Crippen LogP contribution in [0.4, 0.5) is 11.4 Å². The van der Waals surface area contributed by atoms with Crippen LogP contribution in [0.25, 0.3) is 0 Å². The van der Waals surface area contributed by atoms with E-state index in [1.807, 2.05) is 41.2 Å².